The molecule has 0 fully saturated rings. The van der Waals surface area contributed by atoms with Crippen LogP contribution in [0, 0.1) is 0 Å². The fraction of sp³-hybridized carbons (Fsp3) is 0.892. The third kappa shape index (κ3) is 35.6. The molecule has 0 aliphatic heterocycles. The van der Waals surface area contributed by atoms with E-state index in [4.69, 9.17) is 19.3 Å². The van der Waals surface area contributed by atoms with E-state index in [2.05, 4.69) is 30.5 Å². The normalized spacial score (nSPS) is 12.5. The van der Waals surface area contributed by atoms with Crippen molar-refractivity contribution in [3.05, 3.63) is 12.2 Å². The lowest BCUT2D eigenvalue weighted by molar-refractivity contribution is -0.161. The number of unbranched alkanes of at least 4 members (excludes halogenated alkanes) is 23. The largest absolute Gasteiger partial charge is 0.469 e. The number of ether oxygens (including phenoxy) is 2. The lowest BCUT2D eigenvalue weighted by Crippen LogP contribution is -2.29. The maximum atomic E-state index is 12.3. The summed E-state index contributed by atoms with van der Waals surface area (Å²) >= 11 is 0. The Kier molecular flexibility index (Phi) is 32.8. The summed E-state index contributed by atoms with van der Waals surface area (Å²) < 4.78 is 26.3. The fourth-order valence-corrected chi connectivity index (χ4v) is 5.79. The van der Waals surface area contributed by atoms with Crippen molar-refractivity contribution in [1.82, 2.24) is 0 Å². The van der Waals surface area contributed by atoms with E-state index in [0.717, 1.165) is 51.4 Å². The molecule has 0 radical (unpaired) electrons. The van der Waals surface area contributed by atoms with Gasteiger partial charge in [-0.1, -0.05) is 154 Å². The van der Waals surface area contributed by atoms with Crippen molar-refractivity contribution in [1.29, 1.82) is 0 Å². The van der Waals surface area contributed by atoms with E-state index >= 15 is 0 Å². The number of allylic oxidation sites excluding steroid dienone is 2. The Morgan fingerprint density at radius 1 is 0.543 bits per heavy atom. The number of phosphoric acid groups is 1. The molecule has 1 atom stereocenters. The van der Waals surface area contributed by atoms with Crippen LogP contribution in [0.5, 0.6) is 0 Å². The lowest BCUT2D eigenvalue weighted by atomic mass is 10.0. The molecule has 0 heterocycles. The molecule has 0 saturated carbocycles. The van der Waals surface area contributed by atoms with Gasteiger partial charge in [-0.3, -0.25) is 14.1 Å². The van der Waals surface area contributed by atoms with E-state index in [9.17, 15) is 14.2 Å². The molecule has 8 nitrogen and oxygen atoms in total. The molecule has 0 unspecified atom stereocenters. The summed E-state index contributed by atoms with van der Waals surface area (Å²) in [6.45, 7) is 3.67. The molecule has 272 valence electrons. The van der Waals surface area contributed by atoms with Crippen LogP contribution < -0.4 is 0 Å². The first kappa shape index (κ1) is 44.8. The van der Waals surface area contributed by atoms with Crippen molar-refractivity contribution >= 4 is 19.8 Å². The monoisotopic (exact) mass is 674 g/mol. The Morgan fingerprint density at radius 2 is 0.913 bits per heavy atom. The van der Waals surface area contributed by atoms with Crippen LogP contribution in [0.1, 0.15) is 194 Å². The number of hydrogen-bond acceptors (Lipinski definition) is 6. The minimum atomic E-state index is -4.74. The van der Waals surface area contributed by atoms with Gasteiger partial charge in [-0.2, -0.15) is 0 Å². The molecule has 0 spiro atoms. The minimum Gasteiger partial charge on any atom is -0.462 e. The lowest BCUT2D eigenvalue weighted by Gasteiger charge is -2.18. The number of phosphoric ester groups is 1. The van der Waals surface area contributed by atoms with Crippen molar-refractivity contribution in [3.8, 4) is 0 Å². The van der Waals surface area contributed by atoms with Gasteiger partial charge >= 0.3 is 19.8 Å². The molecular weight excluding hydrogens is 603 g/mol. The molecule has 0 bridgehead atoms. The number of carbonyl (C=O) groups is 2. The van der Waals surface area contributed by atoms with E-state index in [-0.39, 0.29) is 19.4 Å². The van der Waals surface area contributed by atoms with Gasteiger partial charge in [0, 0.05) is 12.8 Å². The summed E-state index contributed by atoms with van der Waals surface area (Å²) in [6, 6.07) is 0. The molecule has 0 amide bonds. The van der Waals surface area contributed by atoms with E-state index < -0.39 is 32.5 Å². The van der Waals surface area contributed by atoms with Crippen LogP contribution in [0.3, 0.4) is 0 Å². The molecule has 0 aromatic heterocycles. The quantitative estimate of drug-likeness (QED) is 0.0295. The summed E-state index contributed by atoms with van der Waals surface area (Å²) in [5, 5.41) is 0. The van der Waals surface area contributed by atoms with Crippen LogP contribution >= 0.6 is 7.82 Å². The SMILES string of the molecule is CCCCCC/C=C\CCCCCCCCCC(=O)OC[C@H](COP(=O)(O)O)OC(=O)CCCCCCCCCCCCCCC. The summed E-state index contributed by atoms with van der Waals surface area (Å²) in [5.74, 6) is -0.882. The molecular formula is C37H71O8P. The Balaban J connectivity index is 3.94. The van der Waals surface area contributed by atoms with Crippen molar-refractivity contribution in [2.24, 2.45) is 0 Å². The maximum absolute atomic E-state index is 12.3. The Labute approximate surface area is 282 Å². The maximum Gasteiger partial charge on any atom is 0.469 e. The van der Waals surface area contributed by atoms with Gasteiger partial charge < -0.3 is 19.3 Å². The second kappa shape index (κ2) is 33.7. The number of esters is 2. The molecule has 0 aliphatic rings. The minimum absolute atomic E-state index is 0.216. The summed E-state index contributed by atoms with van der Waals surface area (Å²) in [4.78, 5) is 42.7. The summed E-state index contributed by atoms with van der Waals surface area (Å²) in [7, 11) is -4.74. The van der Waals surface area contributed by atoms with Gasteiger partial charge in [0.05, 0.1) is 6.61 Å². The number of carbonyl (C=O) groups excluding carboxylic acids is 2. The zero-order chi connectivity index (χ0) is 34.0. The summed E-state index contributed by atoms with van der Waals surface area (Å²) in [5.41, 5.74) is 0. The highest BCUT2D eigenvalue weighted by atomic mass is 31.2. The van der Waals surface area contributed by atoms with E-state index in [1.54, 1.807) is 0 Å². The predicted molar refractivity (Wildman–Crippen MR) is 189 cm³/mol. The van der Waals surface area contributed by atoms with Gasteiger partial charge in [0.15, 0.2) is 6.10 Å². The average Bonchev–Trinajstić information content (AvgIpc) is 3.02. The van der Waals surface area contributed by atoms with Gasteiger partial charge in [0.1, 0.15) is 6.61 Å². The van der Waals surface area contributed by atoms with Crippen LogP contribution in [0.25, 0.3) is 0 Å². The van der Waals surface area contributed by atoms with Crippen molar-refractivity contribution in [3.63, 3.8) is 0 Å². The second-order valence-electron chi connectivity index (χ2n) is 12.9. The highest BCUT2D eigenvalue weighted by Crippen LogP contribution is 2.36. The molecule has 2 N–H and O–H groups in total. The first-order chi connectivity index (χ1) is 22.3. The van der Waals surface area contributed by atoms with Crippen molar-refractivity contribution < 1.29 is 37.9 Å². The Hall–Kier alpha value is -1.21. The smallest absolute Gasteiger partial charge is 0.462 e. The van der Waals surface area contributed by atoms with Crippen LogP contribution in [-0.2, 0) is 28.2 Å². The van der Waals surface area contributed by atoms with Crippen LogP contribution in [0.2, 0.25) is 0 Å². The molecule has 0 rings (SSSR count). The first-order valence-corrected chi connectivity index (χ1v) is 20.5. The zero-order valence-electron chi connectivity index (χ0n) is 29.7. The molecule has 9 heteroatoms. The predicted octanol–water partition coefficient (Wildman–Crippen LogP) is 11.1. The van der Waals surface area contributed by atoms with Gasteiger partial charge in [0.2, 0.25) is 0 Å². The third-order valence-corrected chi connectivity index (χ3v) is 8.77. The fourth-order valence-electron chi connectivity index (χ4n) is 5.43. The van der Waals surface area contributed by atoms with Gasteiger partial charge in [-0.05, 0) is 38.5 Å². The molecule has 46 heavy (non-hydrogen) atoms. The topological polar surface area (TPSA) is 119 Å². The molecule has 0 saturated heterocycles. The molecule has 0 aromatic carbocycles. The number of hydrogen-bond donors (Lipinski definition) is 2. The highest BCUT2D eigenvalue weighted by molar-refractivity contribution is 7.46. The van der Waals surface area contributed by atoms with Gasteiger partial charge in [0.25, 0.3) is 0 Å². The Bertz CT molecular complexity index is 766. The standard InChI is InChI=1S/C37H71O8P/c1-3-5-7-9-11-13-15-17-18-20-21-23-25-27-29-31-36(38)43-33-35(34-44-46(40,41)42)45-37(39)32-30-28-26-24-22-19-16-14-12-10-8-6-4-2/h13,15,35H,3-12,14,16-34H2,1-2H3,(H2,40,41,42)/b15-13-/t35-/m1/s1. The second-order valence-corrected chi connectivity index (χ2v) is 14.1. The van der Waals surface area contributed by atoms with Crippen LogP contribution in [-0.4, -0.2) is 41.0 Å². The molecule has 0 aromatic rings. The average molecular weight is 675 g/mol. The first-order valence-electron chi connectivity index (χ1n) is 19.0. The van der Waals surface area contributed by atoms with Crippen molar-refractivity contribution in [2.75, 3.05) is 13.2 Å². The van der Waals surface area contributed by atoms with Gasteiger partial charge in [-0.15, -0.1) is 0 Å². The van der Waals surface area contributed by atoms with Gasteiger partial charge in [-0.25, -0.2) is 4.57 Å². The van der Waals surface area contributed by atoms with E-state index in [1.807, 2.05) is 0 Å². The van der Waals surface area contributed by atoms with Crippen LogP contribution in [0.4, 0.5) is 0 Å². The van der Waals surface area contributed by atoms with Crippen molar-refractivity contribution in [2.45, 2.75) is 200 Å². The zero-order valence-corrected chi connectivity index (χ0v) is 30.6. The third-order valence-electron chi connectivity index (χ3n) is 8.28. The van der Waals surface area contributed by atoms with E-state index in [1.165, 1.54) is 109 Å². The van der Waals surface area contributed by atoms with E-state index in [0.29, 0.717) is 6.42 Å². The number of rotatable bonds is 35. The molecule has 0 aliphatic carbocycles. The summed E-state index contributed by atoms with van der Waals surface area (Å²) in [6.07, 6.45) is 35.0. The van der Waals surface area contributed by atoms with Crippen LogP contribution in [0.15, 0.2) is 12.2 Å². The Morgan fingerprint density at radius 3 is 1.35 bits per heavy atom. The highest BCUT2D eigenvalue weighted by Gasteiger charge is 2.22.